The number of nitro groups is 1. The Bertz CT molecular complexity index is 483. The summed E-state index contributed by atoms with van der Waals surface area (Å²) in [6.45, 7) is 2.27. The molecule has 0 saturated carbocycles. The summed E-state index contributed by atoms with van der Waals surface area (Å²) in [5, 5.41) is 13.8. The number of nitrogens with two attached hydrogens (primary N) is 1. The number of aromatic nitrogens is 2. The molecule has 0 radical (unpaired) electrons. The largest absolute Gasteiger partial charge is 0.364 e. The highest BCUT2D eigenvalue weighted by Crippen LogP contribution is 2.27. The standard InChI is InChI=1S/C9H16N6O3S/c1-6(19(2)18)3-4-11-8-7(15(16)17)9(14-10)13-5-12-8/h5-6H,3-4,10H2,1-2H3,(H2,11,12,13,14). The maximum Gasteiger partial charge on any atom is 0.354 e. The zero-order chi connectivity index (χ0) is 14.4. The van der Waals surface area contributed by atoms with E-state index in [0.717, 1.165) is 0 Å². The molecule has 0 amide bonds. The van der Waals surface area contributed by atoms with Gasteiger partial charge < -0.3 is 10.7 Å². The molecule has 1 rings (SSSR count). The second kappa shape index (κ2) is 6.95. The lowest BCUT2D eigenvalue weighted by Crippen LogP contribution is -2.17. The third-order valence-electron chi connectivity index (χ3n) is 2.55. The number of hydrogen-bond acceptors (Lipinski definition) is 8. The van der Waals surface area contributed by atoms with Crippen LogP contribution in [0.25, 0.3) is 0 Å². The number of nitrogens with zero attached hydrogens (tertiary/aromatic N) is 3. The van der Waals surface area contributed by atoms with Crippen LogP contribution in [0.5, 0.6) is 0 Å². The lowest BCUT2D eigenvalue weighted by molar-refractivity contribution is -0.383. The summed E-state index contributed by atoms with van der Waals surface area (Å²) in [7, 11) is -0.927. The van der Waals surface area contributed by atoms with Crippen LogP contribution in [0.1, 0.15) is 13.3 Å². The van der Waals surface area contributed by atoms with Crippen LogP contribution >= 0.6 is 0 Å². The van der Waals surface area contributed by atoms with Crippen LogP contribution in [-0.4, -0.2) is 37.2 Å². The van der Waals surface area contributed by atoms with Crippen LogP contribution in [0.15, 0.2) is 6.33 Å². The molecule has 9 nitrogen and oxygen atoms in total. The van der Waals surface area contributed by atoms with Gasteiger partial charge >= 0.3 is 5.69 Å². The van der Waals surface area contributed by atoms with E-state index in [0.29, 0.717) is 13.0 Å². The van der Waals surface area contributed by atoms with E-state index in [2.05, 4.69) is 20.7 Å². The summed E-state index contributed by atoms with van der Waals surface area (Å²) in [6.07, 6.45) is 3.40. The Morgan fingerprint density at radius 2 is 2.16 bits per heavy atom. The van der Waals surface area contributed by atoms with Crippen LogP contribution in [0.2, 0.25) is 0 Å². The fourth-order valence-electron chi connectivity index (χ4n) is 1.35. The van der Waals surface area contributed by atoms with Crippen molar-refractivity contribution in [1.82, 2.24) is 9.97 Å². The molecule has 1 heterocycles. The molecular weight excluding hydrogens is 272 g/mol. The quantitative estimate of drug-likeness (QED) is 0.368. The molecule has 1 aromatic rings. The first-order chi connectivity index (χ1) is 8.97. The zero-order valence-electron chi connectivity index (χ0n) is 10.6. The molecule has 0 aliphatic carbocycles. The normalized spacial score (nSPS) is 13.6. The van der Waals surface area contributed by atoms with Gasteiger partial charge in [0, 0.05) is 28.9 Å². The van der Waals surface area contributed by atoms with Crippen LogP contribution in [-0.2, 0) is 10.8 Å². The van der Waals surface area contributed by atoms with Crippen molar-refractivity contribution in [2.24, 2.45) is 5.84 Å². The summed E-state index contributed by atoms with van der Waals surface area (Å²) in [5.41, 5.74) is 1.84. The average molecular weight is 288 g/mol. The van der Waals surface area contributed by atoms with E-state index >= 15 is 0 Å². The van der Waals surface area contributed by atoms with Gasteiger partial charge in [0.2, 0.25) is 11.6 Å². The van der Waals surface area contributed by atoms with Gasteiger partial charge in [0.25, 0.3) is 0 Å². The van der Waals surface area contributed by atoms with Gasteiger partial charge in [-0.15, -0.1) is 0 Å². The first-order valence-corrected chi connectivity index (χ1v) is 7.11. The van der Waals surface area contributed by atoms with E-state index in [1.54, 1.807) is 6.26 Å². The zero-order valence-corrected chi connectivity index (χ0v) is 11.4. The highest BCUT2D eigenvalue weighted by Gasteiger charge is 2.22. The number of nitrogen functional groups attached to an aromatic ring is 1. The monoisotopic (exact) mass is 288 g/mol. The number of rotatable bonds is 7. The predicted octanol–water partition coefficient (Wildman–Crippen LogP) is 0.239. The Morgan fingerprint density at radius 3 is 2.68 bits per heavy atom. The van der Waals surface area contributed by atoms with E-state index < -0.39 is 15.7 Å². The number of anilines is 2. The summed E-state index contributed by atoms with van der Waals surface area (Å²) < 4.78 is 11.2. The summed E-state index contributed by atoms with van der Waals surface area (Å²) in [4.78, 5) is 17.8. The molecule has 0 aromatic carbocycles. The Balaban J connectivity index is 2.78. The van der Waals surface area contributed by atoms with E-state index in [4.69, 9.17) is 5.84 Å². The van der Waals surface area contributed by atoms with Crippen molar-refractivity contribution in [3.05, 3.63) is 16.4 Å². The van der Waals surface area contributed by atoms with Crippen LogP contribution < -0.4 is 16.6 Å². The number of hydrazine groups is 1. The third kappa shape index (κ3) is 4.10. The van der Waals surface area contributed by atoms with Gasteiger partial charge in [0.15, 0.2) is 0 Å². The molecule has 4 N–H and O–H groups in total. The SMILES string of the molecule is CC(CCNc1ncnc(NN)c1[N+](=O)[O-])S(C)=O. The van der Waals surface area contributed by atoms with Crippen LogP contribution in [0, 0.1) is 10.1 Å². The van der Waals surface area contributed by atoms with E-state index in [9.17, 15) is 14.3 Å². The van der Waals surface area contributed by atoms with Crippen molar-refractivity contribution in [2.75, 3.05) is 23.5 Å². The molecular formula is C9H16N6O3S. The molecule has 1 aromatic heterocycles. The minimum atomic E-state index is -0.927. The van der Waals surface area contributed by atoms with Gasteiger partial charge in [0.05, 0.1) is 4.92 Å². The first kappa shape index (κ1) is 15.2. The summed E-state index contributed by atoms with van der Waals surface area (Å²) >= 11 is 0. The molecule has 0 aliphatic heterocycles. The second-order valence-corrected chi connectivity index (χ2v) is 5.65. The predicted molar refractivity (Wildman–Crippen MR) is 73.1 cm³/mol. The molecule has 0 spiro atoms. The Kier molecular flexibility index (Phi) is 5.57. The maximum atomic E-state index is 11.2. The van der Waals surface area contributed by atoms with E-state index in [-0.39, 0.29) is 22.6 Å². The van der Waals surface area contributed by atoms with Crippen molar-refractivity contribution >= 4 is 28.1 Å². The van der Waals surface area contributed by atoms with Crippen molar-refractivity contribution in [3.8, 4) is 0 Å². The Labute approximate surface area is 112 Å². The van der Waals surface area contributed by atoms with E-state index in [1.807, 2.05) is 6.92 Å². The van der Waals surface area contributed by atoms with Crippen LogP contribution in [0.4, 0.5) is 17.3 Å². The van der Waals surface area contributed by atoms with E-state index in [1.165, 1.54) is 6.33 Å². The Morgan fingerprint density at radius 1 is 1.53 bits per heavy atom. The lowest BCUT2D eigenvalue weighted by Gasteiger charge is -2.10. The van der Waals surface area contributed by atoms with Gasteiger partial charge in [-0.25, -0.2) is 15.8 Å². The molecule has 2 unspecified atom stereocenters. The second-order valence-electron chi connectivity index (χ2n) is 3.85. The average Bonchev–Trinajstić information content (AvgIpc) is 2.37. The van der Waals surface area contributed by atoms with Crippen molar-refractivity contribution in [2.45, 2.75) is 18.6 Å². The minimum absolute atomic E-state index is 0.000460. The molecule has 10 heteroatoms. The highest BCUT2D eigenvalue weighted by atomic mass is 32.2. The van der Waals surface area contributed by atoms with Gasteiger partial charge in [-0.05, 0) is 6.42 Å². The summed E-state index contributed by atoms with van der Waals surface area (Å²) in [5.74, 6) is 5.19. The first-order valence-electron chi connectivity index (χ1n) is 5.49. The van der Waals surface area contributed by atoms with Gasteiger partial charge in [-0.2, -0.15) is 0 Å². The smallest absolute Gasteiger partial charge is 0.354 e. The van der Waals surface area contributed by atoms with Crippen molar-refractivity contribution < 1.29 is 9.13 Å². The fraction of sp³-hybridized carbons (Fsp3) is 0.556. The Hall–Kier alpha value is -1.81. The van der Waals surface area contributed by atoms with Crippen molar-refractivity contribution in [3.63, 3.8) is 0 Å². The molecule has 0 aliphatic rings. The molecule has 106 valence electrons. The molecule has 0 saturated heterocycles. The van der Waals surface area contributed by atoms with Gasteiger partial charge in [-0.3, -0.25) is 14.3 Å². The van der Waals surface area contributed by atoms with Gasteiger partial charge in [0.1, 0.15) is 6.33 Å². The summed E-state index contributed by atoms with van der Waals surface area (Å²) in [6, 6.07) is 0. The fourth-order valence-corrected chi connectivity index (χ4v) is 1.80. The van der Waals surface area contributed by atoms with Crippen molar-refractivity contribution in [1.29, 1.82) is 0 Å². The molecule has 0 fully saturated rings. The lowest BCUT2D eigenvalue weighted by atomic mass is 10.3. The molecule has 2 atom stereocenters. The number of nitrogens with one attached hydrogen (secondary N) is 2. The van der Waals surface area contributed by atoms with Crippen LogP contribution in [0.3, 0.4) is 0 Å². The topological polar surface area (TPSA) is 136 Å². The molecule has 19 heavy (non-hydrogen) atoms. The maximum absolute atomic E-state index is 11.2. The number of hydrogen-bond donors (Lipinski definition) is 3. The third-order valence-corrected chi connectivity index (χ3v) is 3.92. The highest BCUT2D eigenvalue weighted by molar-refractivity contribution is 7.84. The van der Waals surface area contributed by atoms with Gasteiger partial charge in [-0.1, -0.05) is 6.92 Å². The molecule has 0 bridgehead atoms. The minimum Gasteiger partial charge on any atom is -0.364 e.